The molecule has 0 saturated heterocycles. The molecular weight excluding hydrogens is 384 g/mol. The van der Waals surface area contributed by atoms with Crippen LogP contribution in [0.15, 0.2) is 41.8 Å². The van der Waals surface area contributed by atoms with Crippen molar-refractivity contribution in [3.05, 3.63) is 69.4 Å². The Hall–Kier alpha value is -2.80. The minimum Gasteiger partial charge on any atom is -0.353 e. The van der Waals surface area contributed by atoms with Crippen molar-refractivity contribution in [1.29, 1.82) is 0 Å². The van der Waals surface area contributed by atoms with E-state index in [-0.39, 0.29) is 17.7 Å². The fourth-order valence-corrected chi connectivity index (χ4v) is 4.53. The van der Waals surface area contributed by atoms with E-state index >= 15 is 0 Å². The lowest BCUT2D eigenvalue weighted by molar-refractivity contribution is -0.121. The minimum atomic E-state index is 0.00470. The van der Waals surface area contributed by atoms with E-state index in [1.807, 2.05) is 29.6 Å². The largest absolute Gasteiger partial charge is 0.353 e. The Morgan fingerprint density at radius 1 is 1.17 bits per heavy atom. The molecule has 1 aromatic carbocycles. The maximum Gasteiger partial charge on any atom is 0.224 e. The summed E-state index contributed by atoms with van der Waals surface area (Å²) < 4.78 is 2.21. The average Bonchev–Trinajstić information content (AvgIpc) is 3.27. The van der Waals surface area contributed by atoms with E-state index in [4.69, 9.17) is 0 Å². The zero-order valence-corrected chi connectivity index (χ0v) is 17.2. The van der Waals surface area contributed by atoms with Gasteiger partial charge in [0.2, 0.25) is 5.91 Å². The summed E-state index contributed by atoms with van der Waals surface area (Å²) in [6.07, 6.45) is 3.60. The molecule has 1 unspecified atom stereocenters. The number of rotatable bonds is 6. The summed E-state index contributed by atoms with van der Waals surface area (Å²) in [5.74, 6) is 2.02. The van der Waals surface area contributed by atoms with Crippen molar-refractivity contribution < 1.29 is 9.59 Å². The van der Waals surface area contributed by atoms with E-state index in [1.54, 1.807) is 6.92 Å². The fourth-order valence-electron chi connectivity index (χ4n) is 3.72. The summed E-state index contributed by atoms with van der Waals surface area (Å²) in [6, 6.07) is 12.2. The van der Waals surface area contributed by atoms with Crippen LogP contribution < -0.4 is 5.32 Å². The van der Waals surface area contributed by atoms with Gasteiger partial charge in [-0.1, -0.05) is 30.3 Å². The molecule has 2 aromatic heterocycles. The quantitative estimate of drug-likeness (QED) is 0.636. The molecule has 6 nitrogen and oxygen atoms in total. The summed E-state index contributed by atoms with van der Waals surface area (Å²) in [4.78, 5) is 24.6. The molecule has 1 aliphatic rings. The molecule has 1 aliphatic heterocycles. The van der Waals surface area contributed by atoms with Crippen molar-refractivity contribution >= 4 is 23.0 Å². The number of carbonyl (C=O) groups excluding carboxylic acids is 2. The number of carbonyl (C=O) groups is 2. The van der Waals surface area contributed by atoms with Gasteiger partial charge in [0, 0.05) is 25.4 Å². The monoisotopic (exact) mass is 408 g/mol. The summed E-state index contributed by atoms with van der Waals surface area (Å²) >= 11 is 1.40. The first-order valence-electron chi connectivity index (χ1n) is 9.91. The van der Waals surface area contributed by atoms with Crippen molar-refractivity contribution in [3.63, 3.8) is 0 Å². The number of nitrogens with zero attached hydrogens (tertiary/aromatic N) is 3. The lowest BCUT2D eigenvalue weighted by Gasteiger charge is -2.16. The Labute approximate surface area is 174 Å². The number of nitrogens with one attached hydrogen (secondary N) is 1. The predicted octanol–water partition coefficient (Wildman–Crippen LogP) is 3.20. The van der Waals surface area contributed by atoms with Gasteiger partial charge in [0.25, 0.3) is 0 Å². The normalized spacial score (nSPS) is 16.1. The molecule has 0 fully saturated rings. The van der Waals surface area contributed by atoms with Gasteiger partial charge in [-0.2, -0.15) is 0 Å². The number of hydrogen-bond donors (Lipinski definition) is 1. The summed E-state index contributed by atoms with van der Waals surface area (Å²) in [5.41, 5.74) is 2.12. The van der Waals surface area contributed by atoms with Crippen LogP contribution in [0.25, 0.3) is 0 Å². The molecule has 0 spiro atoms. The summed E-state index contributed by atoms with van der Waals surface area (Å²) in [5, 5.41) is 13.8. The molecular formula is C22H24N4O2S. The van der Waals surface area contributed by atoms with Gasteiger partial charge in [-0.25, -0.2) is 0 Å². The zero-order valence-electron chi connectivity index (χ0n) is 16.4. The van der Waals surface area contributed by atoms with Crippen LogP contribution >= 0.6 is 11.3 Å². The number of Topliss-reactive ketones (excluding diaryl/α,β-unsaturated/α-hetero) is 1. The third-order valence-corrected chi connectivity index (χ3v) is 6.34. The van der Waals surface area contributed by atoms with Crippen molar-refractivity contribution in [2.24, 2.45) is 0 Å². The van der Waals surface area contributed by atoms with Crippen LogP contribution in [0.1, 0.15) is 52.2 Å². The standard InChI is InChI=1S/C22H24N4O2S/c1-15(27)19-11-17(14-29-19)13-22(28)23-18-7-8-20-24-25-21(26(20)10-9-18)12-16-5-3-2-4-6-16/h2-6,11,14,18H,7-10,12-13H2,1H3,(H,23,28). The maximum absolute atomic E-state index is 12.5. The molecule has 150 valence electrons. The molecule has 4 rings (SSSR count). The van der Waals surface area contributed by atoms with Crippen LogP contribution in [-0.2, 0) is 30.6 Å². The van der Waals surface area contributed by atoms with Gasteiger partial charge in [0.05, 0.1) is 11.3 Å². The smallest absolute Gasteiger partial charge is 0.224 e. The molecule has 1 amide bonds. The van der Waals surface area contributed by atoms with Gasteiger partial charge in [-0.05, 0) is 42.3 Å². The van der Waals surface area contributed by atoms with Crippen LogP contribution in [0.2, 0.25) is 0 Å². The van der Waals surface area contributed by atoms with E-state index < -0.39 is 0 Å². The lowest BCUT2D eigenvalue weighted by atomic mass is 10.1. The first-order valence-corrected chi connectivity index (χ1v) is 10.8. The Morgan fingerprint density at radius 2 is 2.00 bits per heavy atom. The number of fused-ring (bicyclic) bond motifs is 1. The molecule has 7 heteroatoms. The van der Waals surface area contributed by atoms with Crippen molar-refractivity contribution in [1.82, 2.24) is 20.1 Å². The van der Waals surface area contributed by atoms with E-state index in [2.05, 4.69) is 32.2 Å². The second-order valence-electron chi connectivity index (χ2n) is 7.49. The van der Waals surface area contributed by atoms with Crippen molar-refractivity contribution in [2.45, 2.75) is 51.6 Å². The van der Waals surface area contributed by atoms with Gasteiger partial charge in [-0.3, -0.25) is 9.59 Å². The van der Waals surface area contributed by atoms with Crippen LogP contribution in [0.3, 0.4) is 0 Å². The molecule has 29 heavy (non-hydrogen) atoms. The molecule has 3 heterocycles. The number of benzene rings is 1. The van der Waals surface area contributed by atoms with Crippen molar-refractivity contribution in [3.8, 4) is 0 Å². The molecule has 0 bridgehead atoms. The number of aromatic nitrogens is 3. The lowest BCUT2D eigenvalue weighted by Crippen LogP contribution is -2.36. The number of ketones is 1. The molecule has 1 N–H and O–H groups in total. The van der Waals surface area contributed by atoms with Crippen LogP contribution in [-0.4, -0.2) is 32.5 Å². The van der Waals surface area contributed by atoms with Crippen LogP contribution in [0, 0.1) is 0 Å². The molecule has 1 atom stereocenters. The highest BCUT2D eigenvalue weighted by Gasteiger charge is 2.22. The first-order chi connectivity index (χ1) is 14.1. The van der Waals surface area contributed by atoms with Gasteiger partial charge in [0.1, 0.15) is 11.6 Å². The SMILES string of the molecule is CC(=O)c1cc(CC(=O)NC2CCc3nnc(Cc4ccccc4)n3CC2)cs1. The molecule has 0 aliphatic carbocycles. The third kappa shape index (κ3) is 4.79. The Kier molecular flexibility index (Phi) is 5.85. The number of thiophene rings is 1. The highest BCUT2D eigenvalue weighted by atomic mass is 32.1. The molecule has 0 saturated carbocycles. The fraction of sp³-hybridized carbons (Fsp3) is 0.364. The van der Waals surface area contributed by atoms with Gasteiger partial charge in [0.15, 0.2) is 5.78 Å². The Bertz CT molecular complexity index is 1010. The number of aryl methyl sites for hydroxylation is 1. The van der Waals surface area contributed by atoms with Gasteiger partial charge < -0.3 is 9.88 Å². The van der Waals surface area contributed by atoms with Gasteiger partial charge in [-0.15, -0.1) is 21.5 Å². The van der Waals surface area contributed by atoms with E-state index in [1.165, 1.54) is 16.9 Å². The second kappa shape index (κ2) is 8.69. The van der Waals surface area contributed by atoms with E-state index in [0.29, 0.717) is 11.3 Å². The summed E-state index contributed by atoms with van der Waals surface area (Å²) in [6.45, 7) is 2.36. The number of amides is 1. The third-order valence-electron chi connectivity index (χ3n) is 5.26. The topological polar surface area (TPSA) is 76.9 Å². The summed E-state index contributed by atoms with van der Waals surface area (Å²) in [7, 11) is 0. The minimum absolute atomic E-state index is 0.00470. The predicted molar refractivity (Wildman–Crippen MR) is 112 cm³/mol. The molecule has 3 aromatic rings. The Morgan fingerprint density at radius 3 is 2.76 bits per heavy atom. The van der Waals surface area contributed by atoms with E-state index in [9.17, 15) is 9.59 Å². The highest BCUT2D eigenvalue weighted by molar-refractivity contribution is 7.12. The van der Waals surface area contributed by atoms with Crippen LogP contribution in [0.4, 0.5) is 0 Å². The molecule has 0 radical (unpaired) electrons. The number of hydrogen-bond acceptors (Lipinski definition) is 5. The second-order valence-corrected chi connectivity index (χ2v) is 8.40. The highest BCUT2D eigenvalue weighted by Crippen LogP contribution is 2.19. The maximum atomic E-state index is 12.5. The first kappa shape index (κ1) is 19.5. The Balaban J connectivity index is 1.34. The van der Waals surface area contributed by atoms with Crippen molar-refractivity contribution in [2.75, 3.05) is 0 Å². The van der Waals surface area contributed by atoms with Gasteiger partial charge >= 0.3 is 0 Å². The van der Waals surface area contributed by atoms with Crippen LogP contribution in [0.5, 0.6) is 0 Å². The zero-order chi connectivity index (χ0) is 20.2. The van der Waals surface area contributed by atoms with E-state index in [0.717, 1.165) is 49.4 Å². The average molecular weight is 409 g/mol.